The Hall–Kier alpha value is -3.23. The van der Waals surface area contributed by atoms with Crippen molar-refractivity contribution in [3.05, 3.63) is 95.3 Å². The zero-order valence-electron chi connectivity index (χ0n) is 23.3. The van der Waals surface area contributed by atoms with E-state index in [9.17, 15) is 18.0 Å². The summed E-state index contributed by atoms with van der Waals surface area (Å²) < 4.78 is 50.8. The van der Waals surface area contributed by atoms with Gasteiger partial charge in [0, 0.05) is 28.1 Å². The summed E-state index contributed by atoms with van der Waals surface area (Å²) in [4.78, 5) is 12.6. The van der Waals surface area contributed by atoms with Crippen LogP contribution in [0.15, 0.2) is 94.7 Å². The smallest absolute Gasteiger partial charge is 0.471 e. The summed E-state index contributed by atoms with van der Waals surface area (Å²) in [7, 11) is 4.07. The lowest BCUT2D eigenvalue weighted by atomic mass is 10.0. The summed E-state index contributed by atoms with van der Waals surface area (Å²) in [6.07, 6.45) is 6.15. The van der Waals surface area contributed by atoms with Crippen molar-refractivity contribution in [2.45, 2.75) is 50.4 Å². The first-order valence-corrected chi connectivity index (χ1v) is 14.0. The van der Waals surface area contributed by atoms with Gasteiger partial charge in [-0.05, 0) is 67.8 Å². The van der Waals surface area contributed by atoms with Crippen LogP contribution in [0.5, 0.6) is 5.75 Å². The standard InChI is InChI=1S/C29H37F3N3O3PS/c1-8-10-23(15-22(17-33)19(4)34-18(3)11-13-24(39)9-2)38-27(20(5)35-28(36)29(30,31)32)21-12-14-26(40-7)25(16-21)37-6/h9-17,20,27,33-34H,3-4,8,39H2,1-2,5-7H3,(H,35,36)/b13-11-,22-15-,23-10+,24-9+,33-17?/t20-,27-/m0/s1. The molecule has 0 bridgehead atoms. The highest BCUT2D eigenvalue weighted by atomic mass is 32.2. The summed E-state index contributed by atoms with van der Waals surface area (Å²) in [5.41, 5.74) is 1.74. The van der Waals surface area contributed by atoms with E-state index in [4.69, 9.17) is 14.9 Å². The molecule has 6 nitrogen and oxygen atoms in total. The van der Waals surface area contributed by atoms with Crippen LogP contribution < -0.4 is 15.4 Å². The Bertz CT molecular complexity index is 1210. The number of allylic oxidation sites excluding steroid dienone is 7. The molecule has 1 aromatic carbocycles. The van der Waals surface area contributed by atoms with Gasteiger partial charge in [-0.2, -0.15) is 13.2 Å². The van der Waals surface area contributed by atoms with Gasteiger partial charge in [-0.15, -0.1) is 21.0 Å². The fourth-order valence-electron chi connectivity index (χ4n) is 3.31. The molecule has 0 aliphatic carbocycles. The maximum Gasteiger partial charge on any atom is 0.471 e. The Kier molecular flexibility index (Phi) is 14.6. The van der Waals surface area contributed by atoms with E-state index < -0.39 is 24.2 Å². The lowest BCUT2D eigenvalue weighted by molar-refractivity contribution is -0.175. The van der Waals surface area contributed by atoms with Crippen molar-refractivity contribution >= 4 is 33.1 Å². The number of hydrogen-bond acceptors (Lipinski definition) is 6. The average Bonchev–Trinajstić information content (AvgIpc) is 2.91. The summed E-state index contributed by atoms with van der Waals surface area (Å²) in [6, 6.07) is 4.06. The van der Waals surface area contributed by atoms with Crippen LogP contribution >= 0.6 is 21.0 Å². The number of benzene rings is 1. The lowest BCUT2D eigenvalue weighted by Gasteiger charge is -2.28. The van der Waals surface area contributed by atoms with Crippen molar-refractivity contribution in [1.82, 2.24) is 10.6 Å². The third-order valence-corrected chi connectivity index (χ3v) is 6.70. The number of thioether (sulfide) groups is 1. The number of alkyl halides is 3. The Balaban J connectivity index is 3.44. The molecule has 3 atom stereocenters. The first-order chi connectivity index (χ1) is 18.8. The van der Waals surface area contributed by atoms with Gasteiger partial charge in [0.25, 0.3) is 0 Å². The number of ether oxygens (including phenoxy) is 2. The number of carbonyl (C=O) groups is 1. The monoisotopic (exact) mass is 595 g/mol. The van der Waals surface area contributed by atoms with Crippen molar-refractivity contribution in [3.63, 3.8) is 0 Å². The van der Waals surface area contributed by atoms with Gasteiger partial charge in [0.15, 0.2) is 0 Å². The third-order valence-electron chi connectivity index (χ3n) is 5.40. The molecule has 40 heavy (non-hydrogen) atoms. The van der Waals surface area contributed by atoms with Gasteiger partial charge >= 0.3 is 12.1 Å². The third kappa shape index (κ3) is 11.1. The molecule has 0 spiro atoms. The summed E-state index contributed by atoms with van der Waals surface area (Å²) >= 11 is 1.45. The second-order valence-corrected chi connectivity index (χ2v) is 9.94. The molecule has 0 radical (unpaired) electrons. The molecular formula is C29H37F3N3O3PS. The summed E-state index contributed by atoms with van der Waals surface area (Å²) in [5.74, 6) is -1.29. The maximum absolute atomic E-state index is 13.1. The van der Waals surface area contributed by atoms with Gasteiger partial charge in [-0.3, -0.25) is 4.79 Å². The summed E-state index contributed by atoms with van der Waals surface area (Å²) in [6.45, 7) is 13.1. The number of amides is 1. The largest absolute Gasteiger partial charge is 0.496 e. The van der Waals surface area contributed by atoms with Crippen LogP contribution in [0, 0.1) is 5.41 Å². The maximum atomic E-state index is 13.1. The first kappa shape index (κ1) is 34.8. The minimum absolute atomic E-state index is 0.275. The van der Waals surface area contributed by atoms with Crippen LogP contribution in [0.25, 0.3) is 0 Å². The second-order valence-electron chi connectivity index (χ2n) is 8.42. The normalized spacial score (nSPS) is 14.4. The Morgan fingerprint density at radius 1 is 1.27 bits per heavy atom. The van der Waals surface area contributed by atoms with E-state index >= 15 is 0 Å². The molecule has 11 heteroatoms. The highest BCUT2D eigenvalue weighted by Crippen LogP contribution is 2.34. The SMILES string of the molecule is C=C(/C=C\C(P)=C/C)NC(=C)/C(C=N)=C\C(=C/CC)O[C@H](c1ccc(SC)c(OC)c1)[C@H](C)NC(=O)C(F)(F)F. The fraction of sp³-hybridized carbons (Fsp3) is 0.310. The minimum atomic E-state index is -5.06. The molecule has 218 valence electrons. The van der Waals surface area contributed by atoms with E-state index in [1.165, 1.54) is 25.8 Å². The van der Waals surface area contributed by atoms with Crippen molar-refractivity contribution in [1.29, 1.82) is 5.41 Å². The molecule has 0 fully saturated rings. The topological polar surface area (TPSA) is 83.4 Å². The van der Waals surface area contributed by atoms with Gasteiger partial charge in [0.2, 0.25) is 0 Å². The molecule has 1 amide bonds. The molecule has 1 rings (SSSR count). The predicted octanol–water partition coefficient (Wildman–Crippen LogP) is 7.36. The van der Waals surface area contributed by atoms with Crippen molar-refractivity contribution in [2.75, 3.05) is 13.4 Å². The van der Waals surface area contributed by atoms with Crippen molar-refractivity contribution in [2.24, 2.45) is 0 Å². The van der Waals surface area contributed by atoms with Gasteiger partial charge in [-0.1, -0.05) is 38.3 Å². The van der Waals surface area contributed by atoms with Crippen molar-refractivity contribution in [3.8, 4) is 5.75 Å². The number of hydrogen-bond donors (Lipinski definition) is 3. The van der Waals surface area contributed by atoms with Crippen LogP contribution in [0.4, 0.5) is 13.2 Å². The van der Waals surface area contributed by atoms with E-state index in [1.807, 2.05) is 37.6 Å². The summed E-state index contributed by atoms with van der Waals surface area (Å²) in [5, 5.41) is 13.9. The van der Waals surface area contributed by atoms with Crippen LogP contribution in [0.1, 0.15) is 38.9 Å². The zero-order valence-corrected chi connectivity index (χ0v) is 25.3. The molecule has 0 saturated heterocycles. The Labute approximate surface area is 241 Å². The van der Waals surface area contributed by atoms with Crippen molar-refractivity contribution < 1.29 is 27.4 Å². The van der Waals surface area contributed by atoms with Crippen LogP contribution in [-0.4, -0.2) is 37.7 Å². The molecule has 0 aromatic heterocycles. The average molecular weight is 596 g/mol. The number of carbonyl (C=O) groups excluding carboxylic acids is 1. The highest BCUT2D eigenvalue weighted by molar-refractivity contribution is 7.98. The predicted molar refractivity (Wildman–Crippen MR) is 162 cm³/mol. The molecule has 1 unspecified atom stereocenters. The lowest BCUT2D eigenvalue weighted by Crippen LogP contribution is -2.44. The molecule has 0 saturated carbocycles. The van der Waals surface area contributed by atoms with E-state index in [1.54, 1.807) is 36.4 Å². The van der Waals surface area contributed by atoms with Gasteiger partial charge < -0.3 is 25.5 Å². The van der Waals surface area contributed by atoms with Crippen LogP contribution in [0.3, 0.4) is 0 Å². The molecular weight excluding hydrogens is 558 g/mol. The number of methoxy groups -OCH3 is 1. The molecule has 1 aromatic rings. The highest BCUT2D eigenvalue weighted by Gasteiger charge is 2.40. The van der Waals surface area contributed by atoms with Crippen LogP contribution in [0.2, 0.25) is 0 Å². The Morgan fingerprint density at radius 2 is 1.95 bits per heavy atom. The minimum Gasteiger partial charge on any atom is -0.496 e. The zero-order chi connectivity index (χ0) is 30.5. The van der Waals surface area contributed by atoms with Crippen LogP contribution in [-0.2, 0) is 9.53 Å². The van der Waals surface area contributed by atoms with Gasteiger partial charge in [-0.25, -0.2) is 0 Å². The van der Waals surface area contributed by atoms with Gasteiger partial charge in [0.1, 0.15) is 17.6 Å². The Morgan fingerprint density at radius 3 is 2.48 bits per heavy atom. The van der Waals surface area contributed by atoms with Gasteiger partial charge in [0.05, 0.1) is 13.2 Å². The molecule has 0 heterocycles. The number of rotatable bonds is 15. The molecule has 3 N–H and O–H groups in total. The van der Waals surface area contributed by atoms with E-state index in [0.29, 0.717) is 34.7 Å². The molecule has 0 aliphatic rings. The first-order valence-electron chi connectivity index (χ1n) is 12.2. The number of nitrogens with one attached hydrogen (secondary N) is 3. The quantitative estimate of drug-likeness (QED) is 0.0649. The van der Waals surface area contributed by atoms with E-state index in [-0.39, 0.29) is 5.76 Å². The van der Waals surface area contributed by atoms with E-state index in [0.717, 1.165) is 16.4 Å². The van der Waals surface area contributed by atoms with E-state index in [2.05, 4.69) is 27.7 Å². The second kappa shape index (κ2) is 16.8. The fourth-order valence-corrected chi connectivity index (χ4v) is 3.96. The number of halogens is 3. The molecule has 0 aliphatic heterocycles.